The van der Waals surface area contributed by atoms with Crippen LogP contribution in [0.4, 0.5) is 0 Å². The van der Waals surface area contributed by atoms with Crippen LogP contribution < -0.4 is 4.72 Å². The maximum atomic E-state index is 12.1. The minimum atomic E-state index is -3.38. The highest BCUT2D eigenvalue weighted by Gasteiger charge is 2.28. The molecule has 2 atom stereocenters. The highest BCUT2D eigenvalue weighted by atomic mass is 79.9. The van der Waals surface area contributed by atoms with Gasteiger partial charge in [0, 0.05) is 25.5 Å². The van der Waals surface area contributed by atoms with Gasteiger partial charge in [0.25, 0.3) is 10.2 Å². The first-order valence-corrected chi connectivity index (χ1v) is 8.38. The number of rotatable bonds is 6. The largest absolute Gasteiger partial charge is 0.383 e. The van der Waals surface area contributed by atoms with Crippen LogP contribution in [0.3, 0.4) is 0 Å². The third-order valence-electron chi connectivity index (χ3n) is 2.83. The van der Waals surface area contributed by atoms with E-state index in [-0.39, 0.29) is 6.04 Å². The first-order valence-electron chi connectivity index (χ1n) is 5.82. The Bertz CT molecular complexity index is 324. The van der Waals surface area contributed by atoms with Crippen molar-refractivity contribution in [2.45, 2.75) is 25.8 Å². The highest BCUT2D eigenvalue weighted by Crippen LogP contribution is 2.17. The van der Waals surface area contributed by atoms with Crippen LogP contribution in [0, 0.1) is 5.92 Å². The van der Waals surface area contributed by atoms with E-state index in [9.17, 15) is 8.42 Å². The van der Waals surface area contributed by atoms with Gasteiger partial charge in [-0.1, -0.05) is 22.9 Å². The van der Waals surface area contributed by atoms with E-state index in [1.54, 1.807) is 7.11 Å². The van der Waals surface area contributed by atoms with Crippen LogP contribution in [-0.2, 0) is 14.9 Å². The quantitative estimate of drug-likeness (QED) is 0.739. The van der Waals surface area contributed by atoms with Crippen molar-refractivity contribution in [3.05, 3.63) is 0 Å². The summed E-state index contributed by atoms with van der Waals surface area (Å²) in [4.78, 5) is 0. The second-order valence-electron chi connectivity index (χ2n) is 4.53. The summed E-state index contributed by atoms with van der Waals surface area (Å²) >= 11 is 3.28. The molecule has 1 heterocycles. The number of alkyl halides is 1. The SMILES string of the molecule is COCC(CBr)NS(=O)(=O)N1CCCC(C)C1. The minimum absolute atomic E-state index is 0.220. The predicted molar refractivity (Wildman–Crippen MR) is 71.5 cm³/mol. The van der Waals surface area contributed by atoms with Crippen molar-refractivity contribution in [2.24, 2.45) is 5.92 Å². The Morgan fingerprint density at radius 2 is 2.29 bits per heavy atom. The average Bonchev–Trinajstić information content (AvgIpc) is 2.28. The third kappa shape index (κ3) is 4.82. The molecule has 17 heavy (non-hydrogen) atoms. The molecule has 5 nitrogen and oxygen atoms in total. The molecule has 0 amide bonds. The molecule has 0 aromatic rings. The molecule has 0 spiro atoms. The van der Waals surface area contributed by atoms with Crippen molar-refractivity contribution in [3.63, 3.8) is 0 Å². The Hall–Kier alpha value is 0.310. The first kappa shape index (κ1) is 15.4. The first-order chi connectivity index (χ1) is 7.99. The van der Waals surface area contributed by atoms with Gasteiger partial charge < -0.3 is 4.74 Å². The maximum Gasteiger partial charge on any atom is 0.279 e. The molecule has 1 fully saturated rings. The summed E-state index contributed by atoms with van der Waals surface area (Å²) in [6.07, 6.45) is 2.04. The lowest BCUT2D eigenvalue weighted by Gasteiger charge is -2.31. The van der Waals surface area contributed by atoms with E-state index < -0.39 is 10.2 Å². The van der Waals surface area contributed by atoms with Crippen molar-refractivity contribution < 1.29 is 13.2 Å². The Labute approximate surface area is 112 Å². The van der Waals surface area contributed by atoms with E-state index in [1.165, 1.54) is 4.31 Å². The van der Waals surface area contributed by atoms with Gasteiger partial charge in [-0.2, -0.15) is 17.4 Å². The zero-order chi connectivity index (χ0) is 12.9. The van der Waals surface area contributed by atoms with Gasteiger partial charge in [-0.05, 0) is 18.8 Å². The molecule has 2 unspecified atom stereocenters. The molecule has 0 aromatic carbocycles. The van der Waals surface area contributed by atoms with Gasteiger partial charge in [0.05, 0.1) is 12.6 Å². The number of hydrogen-bond donors (Lipinski definition) is 1. The fourth-order valence-electron chi connectivity index (χ4n) is 1.96. The average molecular weight is 329 g/mol. The number of piperidine rings is 1. The summed E-state index contributed by atoms with van der Waals surface area (Å²) in [6, 6.07) is -0.220. The van der Waals surface area contributed by atoms with E-state index in [4.69, 9.17) is 4.74 Å². The molecule has 0 saturated carbocycles. The topological polar surface area (TPSA) is 58.6 Å². The van der Waals surface area contributed by atoms with Crippen LogP contribution in [0.2, 0.25) is 0 Å². The van der Waals surface area contributed by atoms with Crippen LogP contribution in [0.1, 0.15) is 19.8 Å². The number of ether oxygens (including phenoxy) is 1. The van der Waals surface area contributed by atoms with Gasteiger partial charge in [0.1, 0.15) is 0 Å². The summed E-state index contributed by atoms with van der Waals surface area (Å²) in [5, 5.41) is 0.545. The van der Waals surface area contributed by atoms with Crippen molar-refractivity contribution in [1.82, 2.24) is 9.03 Å². The molecule has 0 aliphatic carbocycles. The molecule has 0 aromatic heterocycles. The number of nitrogens with one attached hydrogen (secondary N) is 1. The lowest BCUT2D eigenvalue weighted by molar-refractivity contribution is 0.180. The van der Waals surface area contributed by atoms with Gasteiger partial charge in [0.15, 0.2) is 0 Å². The molecular weight excluding hydrogens is 308 g/mol. The molecule has 1 aliphatic rings. The minimum Gasteiger partial charge on any atom is -0.383 e. The number of methoxy groups -OCH3 is 1. The summed E-state index contributed by atoms with van der Waals surface area (Å²) in [5.74, 6) is 0.435. The van der Waals surface area contributed by atoms with Crippen LogP contribution in [0.15, 0.2) is 0 Å². The van der Waals surface area contributed by atoms with Crippen molar-refractivity contribution in [2.75, 3.05) is 32.1 Å². The second kappa shape index (κ2) is 7.04. The van der Waals surface area contributed by atoms with Gasteiger partial charge in [0.2, 0.25) is 0 Å². The van der Waals surface area contributed by atoms with Gasteiger partial charge in [-0.25, -0.2) is 0 Å². The molecule has 1 rings (SSSR count). The Morgan fingerprint density at radius 3 is 2.82 bits per heavy atom. The van der Waals surface area contributed by atoms with Gasteiger partial charge in [-0.3, -0.25) is 0 Å². The van der Waals surface area contributed by atoms with E-state index in [0.29, 0.717) is 30.9 Å². The fraction of sp³-hybridized carbons (Fsp3) is 1.00. The van der Waals surface area contributed by atoms with Crippen LogP contribution in [0.25, 0.3) is 0 Å². The zero-order valence-electron chi connectivity index (χ0n) is 10.4. The molecular formula is C10H21BrN2O3S. The Kier molecular flexibility index (Phi) is 6.36. The lowest BCUT2D eigenvalue weighted by atomic mass is 10.0. The summed E-state index contributed by atoms with van der Waals surface area (Å²) in [6.45, 7) is 3.67. The highest BCUT2D eigenvalue weighted by molar-refractivity contribution is 9.09. The van der Waals surface area contributed by atoms with Gasteiger partial charge >= 0.3 is 0 Å². The molecule has 102 valence electrons. The molecule has 7 heteroatoms. The Morgan fingerprint density at radius 1 is 1.59 bits per heavy atom. The normalized spacial score (nSPS) is 24.8. The second-order valence-corrected chi connectivity index (χ2v) is 6.88. The lowest BCUT2D eigenvalue weighted by Crippen LogP contribution is -2.50. The zero-order valence-corrected chi connectivity index (χ0v) is 12.8. The van der Waals surface area contributed by atoms with Crippen LogP contribution in [-0.4, -0.2) is 50.9 Å². The summed E-state index contributed by atoms with van der Waals surface area (Å²) in [5.41, 5.74) is 0. The molecule has 1 N–H and O–H groups in total. The standard InChI is InChI=1S/C10H21BrN2O3S/c1-9-4-3-5-13(7-9)17(14,15)12-10(6-11)8-16-2/h9-10,12H,3-8H2,1-2H3. The summed E-state index contributed by atoms with van der Waals surface area (Å²) < 4.78 is 33.4. The maximum absolute atomic E-state index is 12.1. The number of halogens is 1. The van der Waals surface area contributed by atoms with Crippen LogP contribution in [0.5, 0.6) is 0 Å². The van der Waals surface area contributed by atoms with Crippen molar-refractivity contribution in [1.29, 1.82) is 0 Å². The smallest absolute Gasteiger partial charge is 0.279 e. The summed E-state index contributed by atoms with van der Waals surface area (Å²) in [7, 11) is -1.81. The van der Waals surface area contributed by atoms with Crippen molar-refractivity contribution in [3.8, 4) is 0 Å². The molecule has 0 bridgehead atoms. The van der Waals surface area contributed by atoms with E-state index in [0.717, 1.165) is 12.8 Å². The van der Waals surface area contributed by atoms with Crippen LogP contribution >= 0.6 is 15.9 Å². The van der Waals surface area contributed by atoms with E-state index in [1.807, 2.05) is 0 Å². The molecule has 1 saturated heterocycles. The number of hydrogen-bond acceptors (Lipinski definition) is 3. The Balaban J connectivity index is 2.60. The molecule has 1 aliphatic heterocycles. The molecule has 0 radical (unpaired) electrons. The van der Waals surface area contributed by atoms with Gasteiger partial charge in [-0.15, -0.1) is 0 Å². The van der Waals surface area contributed by atoms with E-state index in [2.05, 4.69) is 27.6 Å². The fourth-order valence-corrected chi connectivity index (χ4v) is 4.07. The number of nitrogens with zero attached hydrogens (tertiary/aromatic N) is 1. The van der Waals surface area contributed by atoms with E-state index >= 15 is 0 Å². The third-order valence-corrected chi connectivity index (χ3v) is 5.25. The monoisotopic (exact) mass is 328 g/mol. The predicted octanol–water partition coefficient (Wildman–Crippen LogP) is 0.963. The van der Waals surface area contributed by atoms with Crippen molar-refractivity contribution >= 4 is 26.1 Å².